The zero-order valence-electron chi connectivity index (χ0n) is 17.0. The van der Waals surface area contributed by atoms with E-state index in [1.165, 1.54) is 16.2 Å². The maximum atomic E-state index is 12.4. The molecule has 4 rings (SSSR count). The second-order valence-electron chi connectivity index (χ2n) is 7.22. The molecule has 2 aromatic carbocycles. The van der Waals surface area contributed by atoms with E-state index in [2.05, 4.69) is 15.5 Å². The number of benzene rings is 2. The predicted molar refractivity (Wildman–Crippen MR) is 115 cm³/mol. The second-order valence-corrected chi connectivity index (χ2v) is 8.28. The van der Waals surface area contributed by atoms with Gasteiger partial charge < -0.3 is 4.74 Å². The van der Waals surface area contributed by atoms with Crippen LogP contribution in [0, 0.1) is 13.8 Å². The average molecular weight is 436 g/mol. The summed E-state index contributed by atoms with van der Waals surface area (Å²) < 4.78 is 5.54. The first-order chi connectivity index (χ1) is 14.9. The fourth-order valence-electron chi connectivity index (χ4n) is 3.38. The van der Waals surface area contributed by atoms with Crippen molar-refractivity contribution in [2.24, 2.45) is 0 Å². The molecule has 0 radical (unpaired) electrons. The summed E-state index contributed by atoms with van der Waals surface area (Å²) in [7, 11) is 0. The van der Waals surface area contributed by atoms with Crippen LogP contribution in [0.4, 0.5) is 5.13 Å². The van der Waals surface area contributed by atoms with E-state index in [0.29, 0.717) is 33.4 Å². The lowest BCUT2D eigenvalue weighted by Gasteiger charge is -2.12. The second kappa shape index (κ2) is 8.65. The van der Waals surface area contributed by atoms with Gasteiger partial charge in [0.05, 0.1) is 11.1 Å². The Morgan fingerprint density at radius 3 is 2.32 bits per heavy atom. The van der Waals surface area contributed by atoms with Crippen LogP contribution in [-0.4, -0.2) is 46.0 Å². The number of hydrogen-bond donors (Lipinski definition) is 1. The molecule has 1 aromatic heterocycles. The molecule has 1 aliphatic rings. The maximum Gasteiger partial charge on any atom is 0.264 e. The lowest BCUT2D eigenvalue weighted by molar-refractivity contribution is -0.118. The highest BCUT2D eigenvalue weighted by atomic mass is 32.1. The van der Waals surface area contributed by atoms with Crippen molar-refractivity contribution in [2.75, 3.05) is 18.5 Å². The number of aryl methyl sites for hydroxylation is 2. The molecule has 0 saturated heterocycles. The van der Waals surface area contributed by atoms with Crippen LogP contribution in [0.5, 0.6) is 5.75 Å². The zero-order valence-corrected chi connectivity index (χ0v) is 17.9. The maximum absolute atomic E-state index is 12.4. The van der Waals surface area contributed by atoms with Gasteiger partial charge in [0.15, 0.2) is 6.61 Å². The molecule has 1 N–H and O–H groups in total. The number of ether oxygens (including phenoxy) is 1. The molecule has 31 heavy (non-hydrogen) atoms. The molecule has 8 nitrogen and oxygen atoms in total. The highest BCUT2D eigenvalue weighted by Crippen LogP contribution is 2.23. The molecule has 2 heterocycles. The van der Waals surface area contributed by atoms with Gasteiger partial charge in [0.25, 0.3) is 17.7 Å². The molecule has 0 saturated carbocycles. The highest BCUT2D eigenvalue weighted by Gasteiger charge is 2.34. The number of hydrogen-bond acceptors (Lipinski definition) is 7. The largest absolute Gasteiger partial charge is 0.484 e. The van der Waals surface area contributed by atoms with E-state index in [9.17, 15) is 14.4 Å². The molecule has 0 bridgehead atoms. The number of amides is 3. The van der Waals surface area contributed by atoms with Crippen molar-refractivity contribution in [2.45, 2.75) is 20.3 Å². The van der Waals surface area contributed by atoms with Gasteiger partial charge in [-0.25, -0.2) is 0 Å². The van der Waals surface area contributed by atoms with Gasteiger partial charge in [-0.1, -0.05) is 29.5 Å². The molecule has 3 aromatic rings. The van der Waals surface area contributed by atoms with Crippen molar-refractivity contribution in [3.05, 3.63) is 69.7 Å². The van der Waals surface area contributed by atoms with E-state index in [1.807, 2.05) is 32.0 Å². The Kier molecular flexibility index (Phi) is 5.77. The summed E-state index contributed by atoms with van der Waals surface area (Å²) in [6, 6.07) is 12.5. The van der Waals surface area contributed by atoms with Crippen molar-refractivity contribution in [3.63, 3.8) is 0 Å². The minimum Gasteiger partial charge on any atom is -0.484 e. The molecule has 9 heteroatoms. The summed E-state index contributed by atoms with van der Waals surface area (Å²) in [5.41, 5.74) is 2.95. The summed E-state index contributed by atoms with van der Waals surface area (Å²) in [6.45, 7) is 3.98. The fourth-order valence-corrected chi connectivity index (χ4v) is 4.12. The van der Waals surface area contributed by atoms with E-state index in [-0.39, 0.29) is 30.9 Å². The minimum atomic E-state index is -0.345. The number of rotatable bonds is 7. The minimum absolute atomic E-state index is 0.146. The van der Waals surface area contributed by atoms with Crippen molar-refractivity contribution < 1.29 is 19.1 Å². The average Bonchev–Trinajstić information content (AvgIpc) is 3.27. The number of fused-ring (bicyclic) bond motifs is 1. The number of nitrogens with one attached hydrogen (secondary N) is 1. The van der Waals surface area contributed by atoms with Crippen LogP contribution in [-0.2, 0) is 11.2 Å². The van der Waals surface area contributed by atoms with Crippen molar-refractivity contribution in [1.29, 1.82) is 0 Å². The summed E-state index contributed by atoms with van der Waals surface area (Å²) in [6.07, 6.45) is 0.359. The molecule has 158 valence electrons. The third-order valence-corrected chi connectivity index (χ3v) is 5.60. The van der Waals surface area contributed by atoms with Crippen molar-refractivity contribution in [3.8, 4) is 5.75 Å². The Bertz CT molecular complexity index is 1120. The van der Waals surface area contributed by atoms with Crippen LogP contribution in [0.15, 0.2) is 42.5 Å². The predicted octanol–water partition coefficient (Wildman–Crippen LogP) is 3.01. The van der Waals surface area contributed by atoms with E-state index in [4.69, 9.17) is 4.74 Å². The topological polar surface area (TPSA) is 101 Å². The standard InChI is InChI=1S/C22H20N4O4S/c1-13-9-14(2)11-15(10-13)30-12-18(27)23-22-25-24-19(31-22)7-8-26-20(28)16-5-3-4-6-17(16)21(26)29/h3-6,9-11H,7-8,12H2,1-2H3,(H,23,25,27). The van der Waals surface area contributed by atoms with Crippen molar-refractivity contribution in [1.82, 2.24) is 15.1 Å². The molecule has 0 spiro atoms. The van der Waals surface area contributed by atoms with E-state index in [1.54, 1.807) is 24.3 Å². The highest BCUT2D eigenvalue weighted by molar-refractivity contribution is 7.15. The van der Waals surface area contributed by atoms with Crippen LogP contribution in [0.25, 0.3) is 0 Å². The number of anilines is 1. The van der Waals surface area contributed by atoms with Crippen molar-refractivity contribution >= 4 is 34.2 Å². The van der Waals surface area contributed by atoms with Gasteiger partial charge in [0.2, 0.25) is 5.13 Å². The van der Waals surface area contributed by atoms with Crippen LogP contribution < -0.4 is 10.1 Å². The van der Waals surface area contributed by atoms with Gasteiger partial charge in [-0.2, -0.15) is 0 Å². The van der Waals surface area contributed by atoms with Gasteiger partial charge in [-0.3, -0.25) is 24.6 Å². The van der Waals surface area contributed by atoms with Gasteiger partial charge in [-0.15, -0.1) is 10.2 Å². The molecular weight excluding hydrogens is 416 g/mol. The monoisotopic (exact) mass is 436 g/mol. The van der Waals surface area contributed by atoms with Gasteiger partial charge in [0, 0.05) is 13.0 Å². The summed E-state index contributed by atoms with van der Waals surface area (Å²) in [5, 5.41) is 11.6. The summed E-state index contributed by atoms with van der Waals surface area (Å²) in [5.74, 6) is -0.321. The molecular formula is C22H20N4O4S. The first-order valence-electron chi connectivity index (χ1n) is 9.69. The quantitative estimate of drug-likeness (QED) is 0.572. The molecule has 0 aliphatic carbocycles. The Labute approximate surface area is 182 Å². The summed E-state index contributed by atoms with van der Waals surface area (Å²) in [4.78, 5) is 38.2. The van der Waals surface area contributed by atoms with E-state index < -0.39 is 0 Å². The first-order valence-corrected chi connectivity index (χ1v) is 10.5. The van der Waals surface area contributed by atoms with Crippen LogP contribution in [0.1, 0.15) is 36.9 Å². The number of aromatic nitrogens is 2. The fraction of sp³-hybridized carbons (Fsp3) is 0.227. The van der Waals surface area contributed by atoms with E-state index >= 15 is 0 Å². The SMILES string of the molecule is Cc1cc(C)cc(OCC(=O)Nc2nnc(CCN3C(=O)c4ccccc4C3=O)s2)c1. The molecule has 1 aliphatic heterocycles. The van der Waals surface area contributed by atoms with Gasteiger partial charge in [0.1, 0.15) is 10.8 Å². The lowest BCUT2D eigenvalue weighted by atomic mass is 10.1. The number of carbonyl (C=O) groups is 3. The van der Waals surface area contributed by atoms with Crippen LogP contribution in [0.3, 0.4) is 0 Å². The Morgan fingerprint density at radius 1 is 1.03 bits per heavy atom. The van der Waals surface area contributed by atoms with Gasteiger partial charge >= 0.3 is 0 Å². The third-order valence-electron chi connectivity index (χ3n) is 4.71. The van der Waals surface area contributed by atoms with Crippen LogP contribution >= 0.6 is 11.3 Å². The smallest absolute Gasteiger partial charge is 0.264 e. The first kappa shape index (κ1) is 20.7. The zero-order chi connectivity index (χ0) is 22.0. The summed E-state index contributed by atoms with van der Waals surface area (Å²) >= 11 is 1.20. The number of nitrogens with zero attached hydrogens (tertiary/aromatic N) is 3. The Morgan fingerprint density at radius 2 is 1.68 bits per heavy atom. The van der Waals surface area contributed by atoms with Crippen LogP contribution in [0.2, 0.25) is 0 Å². The Balaban J connectivity index is 1.29. The number of imide groups is 1. The van der Waals surface area contributed by atoms with E-state index in [0.717, 1.165) is 11.1 Å². The third kappa shape index (κ3) is 4.61. The number of carbonyl (C=O) groups excluding carboxylic acids is 3. The van der Waals surface area contributed by atoms with Gasteiger partial charge in [-0.05, 0) is 49.2 Å². The molecule has 3 amide bonds. The molecule has 0 unspecified atom stereocenters. The molecule has 0 atom stereocenters. The normalized spacial score (nSPS) is 12.8. The molecule has 0 fully saturated rings. The Hall–Kier alpha value is -3.59. The lowest BCUT2D eigenvalue weighted by Crippen LogP contribution is -2.31.